The van der Waals surface area contributed by atoms with Crippen molar-refractivity contribution in [1.82, 2.24) is 0 Å². The second-order valence-corrected chi connectivity index (χ2v) is 9.49. The second kappa shape index (κ2) is 8.61. The third-order valence-corrected chi connectivity index (χ3v) is 5.37. The average molecular weight is 367 g/mol. The molecule has 0 N–H and O–H groups in total. The van der Waals surface area contributed by atoms with E-state index in [9.17, 15) is 0 Å². The van der Waals surface area contributed by atoms with Gasteiger partial charge in [0.15, 0.2) is 0 Å². The first-order valence-corrected chi connectivity index (χ1v) is 10.4. The second-order valence-electron chi connectivity index (χ2n) is 9.49. The van der Waals surface area contributed by atoms with E-state index >= 15 is 0 Å². The lowest BCUT2D eigenvalue weighted by Crippen LogP contribution is -2.39. The molecule has 0 spiro atoms. The Hall–Kier alpha value is -1.60. The number of ether oxygens (including phenoxy) is 1. The molecule has 1 heteroatoms. The molecular formula is C26H38O. The molecule has 0 saturated carbocycles. The third kappa shape index (κ3) is 5.69. The van der Waals surface area contributed by atoms with Crippen LogP contribution in [0.3, 0.4) is 0 Å². The minimum absolute atomic E-state index is 0.323. The first kappa shape index (κ1) is 21.7. The summed E-state index contributed by atoms with van der Waals surface area (Å²) >= 11 is 0. The molecule has 0 fully saturated rings. The smallest absolute Gasteiger partial charge is 0.0917 e. The standard InChI is InChI=1S/C26H38O/c1-19(2)17-25(7,23-13-9-21(5)10-14-23)27-26(8,18-20(3)4)24-15-11-22(6)12-16-24/h9-16,19-20H,17-18H2,1-8H3. The van der Waals surface area contributed by atoms with Gasteiger partial charge in [-0.1, -0.05) is 87.4 Å². The van der Waals surface area contributed by atoms with Crippen molar-refractivity contribution in [2.24, 2.45) is 11.8 Å². The lowest BCUT2D eigenvalue weighted by molar-refractivity contribution is -0.167. The lowest BCUT2D eigenvalue weighted by atomic mass is 9.82. The van der Waals surface area contributed by atoms with Crippen LogP contribution in [-0.4, -0.2) is 0 Å². The Morgan fingerprint density at radius 2 is 0.926 bits per heavy atom. The zero-order valence-corrected chi connectivity index (χ0v) is 18.6. The van der Waals surface area contributed by atoms with Crippen LogP contribution in [0.4, 0.5) is 0 Å². The topological polar surface area (TPSA) is 9.23 Å². The van der Waals surface area contributed by atoms with Crippen molar-refractivity contribution in [3.05, 3.63) is 70.8 Å². The molecule has 2 aromatic rings. The minimum Gasteiger partial charge on any atom is -0.360 e. The van der Waals surface area contributed by atoms with E-state index in [-0.39, 0.29) is 11.2 Å². The zero-order chi connectivity index (χ0) is 20.2. The van der Waals surface area contributed by atoms with Crippen molar-refractivity contribution in [2.75, 3.05) is 0 Å². The molecule has 0 aliphatic carbocycles. The van der Waals surface area contributed by atoms with Crippen molar-refractivity contribution in [3.8, 4) is 0 Å². The van der Waals surface area contributed by atoms with Crippen LogP contribution < -0.4 is 0 Å². The quantitative estimate of drug-likeness (QED) is 0.469. The molecule has 1 nitrogen and oxygen atoms in total. The molecular weight excluding hydrogens is 328 g/mol. The van der Waals surface area contributed by atoms with Crippen LogP contribution >= 0.6 is 0 Å². The molecule has 0 aliphatic heterocycles. The van der Waals surface area contributed by atoms with Crippen LogP contribution in [0.15, 0.2) is 48.5 Å². The molecule has 0 saturated heterocycles. The molecule has 2 unspecified atom stereocenters. The van der Waals surface area contributed by atoms with Gasteiger partial charge in [0.1, 0.15) is 0 Å². The van der Waals surface area contributed by atoms with Crippen LogP contribution in [-0.2, 0) is 15.9 Å². The molecule has 0 bridgehead atoms. The van der Waals surface area contributed by atoms with Crippen molar-refractivity contribution in [1.29, 1.82) is 0 Å². The predicted molar refractivity (Wildman–Crippen MR) is 117 cm³/mol. The monoisotopic (exact) mass is 366 g/mol. The largest absolute Gasteiger partial charge is 0.360 e. The molecule has 2 aromatic carbocycles. The summed E-state index contributed by atoms with van der Waals surface area (Å²) in [6.07, 6.45) is 1.99. The highest BCUT2D eigenvalue weighted by molar-refractivity contribution is 5.29. The summed E-state index contributed by atoms with van der Waals surface area (Å²) < 4.78 is 7.10. The van der Waals surface area contributed by atoms with Gasteiger partial charge in [-0.25, -0.2) is 0 Å². The van der Waals surface area contributed by atoms with Crippen LogP contribution in [0.25, 0.3) is 0 Å². The number of benzene rings is 2. The van der Waals surface area contributed by atoms with E-state index in [1.54, 1.807) is 0 Å². The van der Waals surface area contributed by atoms with Gasteiger partial charge in [0.25, 0.3) is 0 Å². The zero-order valence-electron chi connectivity index (χ0n) is 18.6. The van der Waals surface area contributed by atoms with E-state index in [2.05, 4.69) is 104 Å². The maximum atomic E-state index is 7.10. The molecule has 0 radical (unpaired) electrons. The Balaban J connectivity index is 2.48. The molecule has 27 heavy (non-hydrogen) atoms. The van der Waals surface area contributed by atoms with E-state index in [4.69, 9.17) is 4.74 Å². The van der Waals surface area contributed by atoms with Gasteiger partial charge in [0, 0.05) is 0 Å². The van der Waals surface area contributed by atoms with Gasteiger partial charge in [0.2, 0.25) is 0 Å². The Morgan fingerprint density at radius 3 is 1.19 bits per heavy atom. The average Bonchev–Trinajstić information content (AvgIpc) is 2.54. The highest BCUT2D eigenvalue weighted by Gasteiger charge is 2.39. The highest BCUT2D eigenvalue weighted by Crippen LogP contribution is 2.43. The number of aryl methyl sites for hydroxylation is 2. The van der Waals surface area contributed by atoms with E-state index in [1.807, 2.05) is 0 Å². The maximum absolute atomic E-state index is 7.10. The van der Waals surface area contributed by atoms with Gasteiger partial charge in [-0.15, -0.1) is 0 Å². The molecule has 2 atom stereocenters. The summed E-state index contributed by atoms with van der Waals surface area (Å²) in [4.78, 5) is 0. The van der Waals surface area contributed by atoms with Crippen LogP contribution in [0, 0.1) is 25.7 Å². The van der Waals surface area contributed by atoms with Gasteiger partial charge < -0.3 is 4.74 Å². The summed E-state index contributed by atoms with van der Waals surface area (Å²) in [6, 6.07) is 17.7. The fourth-order valence-corrected chi connectivity index (χ4v) is 4.30. The normalized spacial score (nSPS) is 16.4. The molecule has 0 aliphatic rings. The summed E-state index contributed by atoms with van der Waals surface area (Å²) in [5.74, 6) is 1.11. The van der Waals surface area contributed by atoms with Crippen molar-refractivity contribution < 1.29 is 4.74 Å². The van der Waals surface area contributed by atoms with Gasteiger partial charge in [-0.05, 0) is 63.5 Å². The molecule has 0 heterocycles. The summed E-state index contributed by atoms with van der Waals surface area (Å²) in [5, 5.41) is 0. The third-order valence-electron chi connectivity index (χ3n) is 5.37. The molecule has 0 aromatic heterocycles. The predicted octanol–water partition coefficient (Wildman–Crippen LogP) is 7.54. The van der Waals surface area contributed by atoms with Crippen molar-refractivity contribution >= 4 is 0 Å². The molecule has 0 amide bonds. The van der Waals surface area contributed by atoms with Crippen LogP contribution in [0.5, 0.6) is 0 Å². The van der Waals surface area contributed by atoms with E-state index < -0.39 is 0 Å². The van der Waals surface area contributed by atoms with E-state index in [0.29, 0.717) is 11.8 Å². The summed E-state index contributed by atoms with van der Waals surface area (Å²) in [5.41, 5.74) is 4.46. The molecule has 2 rings (SSSR count). The van der Waals surface area contributed by atoms with Crippen LogP contribution in [0.2, 0.25) is 0 Å². The Kier molecular flexibility index (Phi) is 6.92. The Bertz CT molecular complexity index is 647. The minimum atomic E-state index is -0.323. The first-order valence-electron chi connectivity index (χ1n) is 10.4. The number of hydrogen-bond acceptors (Lipinski definition) is 1. The van der Waals surface area contributed by atoms with Gasteiger partial charge in [0.05, 0.1) is 11.2 Å². The van der Waals surface area contributed by atoms with Gasteiger partial charge in [-0.3, -0.25) is 0 Å². The van der Waals surface area contributed by atoms with Crippen molar-refractivity contribution in [2.45, 2.75) is 79.4 Å². The number of hydrogen-bond donors (Lipinski definition) is 0. The molecule has 148 valence electrons. The van der Waals surface area contributed by atoms with Gasteiger partial charge >= 0.3 is 0 Å². The maximum Gasteiger partial charge on any atom is 0.0917 e. The summed E-state index contributed by atoms with van der Waals surface area (Å²) in [7, 11) is 0. The number of rotatable bonds is 8. The van der Waals surface area contributed by atoms with E-state index in [0.717, 1.165) is 12.8 Å². The summed E-state index contributed by atoms with van der Waals surface area (Å²) in [6.45, 7) is 17.9. The fraction of sp³-hybridized carbons (Fsp3) is 0.538. The van der Waals surface area contributed by atoms with Crippen LogP contribution in [0.1, 0.15) is 76.6 Å². The fourth-order valence-electron chi connectivity index (χ4n) is 4.30. The highest BCUT2D eigenvalue weighted by atomic mass is 16.5. The van der Waals surface area contributed by atoms with Crippen molar-refractivity contribution in [3.63, 3.8) is 0 Å². The Labute approximate surface area is 167 Å². The Morgan fingerprint density at radius 1 is 0.630 bits per heavy atom. The van der Waals surface area contributed by atoms with E-state index in [1.165, 1.54) is 22.3 Å². The first-order chi connectivity index (χ1) is 12.5. The van der Waals surface area contributed by atoms with Gasteiger partial charge in [-0.2, -0.15) is 0 Å². The lowest BCUT2D eigenvalue weighted by Gasteiger charge is -2.43. The SMILES string of the molecule is Cc1ccc(C(C)(CC(C)C)OC(C)(CC(C)C)c2ccc(C)cc2)cc1.